The lowest BCUT2D eigenvalue weighted by atomic mass is 10.2. The highest BCUT2D eigenvalue weighted by Crippen LogP contribution is 2.17. The van der Waals surface area contributed by atoms with Crippen LogP contribution in [0.25, 0.3) is 5.70 Å². The number of rotatable bonds is 6. The maximum atomic E-state index is 12.4. The second kappa shape index (κ2) is 7.79. The van der Waals surface area contributed by atoms with Crippen molar-refractivity contribution in [2.45, 2.75) is 13.5 Å². The van der Waals surface area contributed by atoms with Crippen molar-refractivity contribution in [2.75, 3.05) is 5.32 Å². The normalized spacial score (nSPS) is 13.0. The first-order valence-electron chi connectivity index (χ1n) is 8.86. The van der Waals surface area contributed by atoms with Crippen molar-refractivity contribution >= 4 is 17.3 Å². The summed E-state index contributed by atoms with van der Waals surface area (Å²) in [5.41, 5.74) is 8.31. The average Bonchev–Trinajstić information content (AvgIpc) is 3.39. The third-order valence-corrected chi connectivity index (χ3v) is 4.16. The maximum Gasteiger partial charge on any atom is 0.251 e. The molecular weight excluding hydrogens is 356 g/mol. The number of nitrogens with one attached hydrogen (secondary N) is 4. The summed E-state index contributed by atoms with van der Waals surface area (Å²) in [6.07, 6.45) is 5.42. The van der Waals surface area contributed by atoms with Crippen LogP contribution in [0.1, 0.15) is 30.5 Å². The first kappa shape index (κ1) is 17.5. The molecule has 3 heterocycles. The molecule has 0 saturated heterocycles. The molecular formula is C21H24N4O3. The molecule has 4 rings (SSSR count). The molecule has 1 aliphatic rings. The predicted octanol–water partition coefficient (Wildman–Crippen LogP) is 4.01. The third kappa shape index (κ3) is 4.09. The number of hydrogen-bond acceptors (Lipinski definition) is 6. The third-order valence-electron chi connectivity index (χ3n) is 4.16. The lowest BCUT2D eigenvalue weighted by Crippen LogP contribution is -2.34. The maximum absolute atomic E-state index is 12.4. The lowest BCUT2D eigenvalue weighted by Gasteiger charge is -2.19. The van der Waals surface area contributed by atoms with Gasteiger partial charge in [0.25, 0.3) is 5.91 Å². The molecule has 0 saturated carbocycles. The molecule has 0 atom stereocenters. The number of hydrogen-bond donors (Lipinski definition) is 4. The summed E-state index contributed by atoms with van der Waals surface area (Å²) in [4.78, 5) is 12.4. The minimum atomic E-state index is -0.165. The van der Waals surface area contributed by atoms with Gasteiger partial charge in [0, 0.05) is 14.1 Å². The SMILES string of the molecule is Cc1ccc(CNC(=O)c2cccc(NC3=CC=C(c4ccco4)NN3)c2)o1.[HH].[HH]. The van der Waals surface area contributed by atoms with Gasteiger partial charge in [-0.3, -0.25) is 15.6 Å². The van der Waals surface area contributed by atoms with Gasteiger partial charge in [0.2, 0.25) is 0 Å². The summed E-state index contributed by atoms with van der Waals surface area (Å²) >= 11 is 0. The first-order chi connectivity index (χ1) is 13.7. The average molecular weight is 380 g/mol. The van der Waals surface area contributed by atoms with Crippen molar-refractivity contribution in [2.24, 2.45) is 0 Å². The molecule has 0 bridgehead atoms. The molecule has 4 N–H and O–H groups in total. The van der Waals surface area contributed by atoms with Crippen LogP contribution in [0.5, 0.6) is 0 Å². The van der Waals surface area contributed by atoms with Crippen molar-refractivity contribution < 1.29 is 16.5 Å². The van der Waals surface area contributed by atoms with Crippen molar-refractivity contribution in [3.05, 3.63) is 95.6 Å². The number of benzene rings is 1. The van der Waals surface area contributed by atoms with E-state index in [0.29, 0.717) is 12.1 Å². The molecule has 0 unspecified atom stereocenters. The fourth-order valence-corrected chi connectivity index (χ4v) is 2.78. The van der Waals surface area contributed by atoms with E-state index < -0.39 is 0 Å². The highest BCUT2D eigenvalue weighted by molar-refractivity contribution is 5.95. The van der Waals surface area contributed by atoms with Crippen LogP contribution < -0.4 is 21.5 Å². The standard InChI is InChI=1S/C21H20N4O3.2H2/c1-14-7-8-17(28-14)13-22-21(26)15-4-2-5-16(12-15)23-20-10-9-18(24-25-20)19-6-3-11-27-19;;/h2-12,23-25H,13H2,1H3,(H,22,26);2*1H. The number of anilines is 1. The van der Waals surface area contributed by atoms with E-state index in [1.54, 1.807) is 18.4 Å². The summed E-state index contributed by atoms with van der Waals surface area (Å²) in [5, 5.41) is 6.09. The van der Waals surface area contributed by atoms with E-state index in [9.17, 15) is 4.79 Å². The summed E-state index contributed by atoms with van der Waals surface area (Å²) in [7, 11) is 0. The van der Waals surface area contributed by atoms with Crippen LogP contribution in [0.3, 0.4) is 0 Å². The van der Waals surface area contributed by atoms with E-state index in [0.717, 1.165) is 34.5 Å². The van der Waals surface area contributed by atoms with Gasteiger partial charge in [-0.2, -0.15) is 0 Å². The molecule has 2 aromatic heterocycles. The number of carbonyl (C=O) groups excluding carboxylic acids is 1. The molecule has 0 radical (unpaired) electrons. The second-order valence-corrected chi connectivity index (χ2v) is 6.29. The van der Waals surface area contributed by atoms with Gasteiger partial charge >= 0.3 is 0 Å². The number of furan rings is 2. The Morgan fingerprint density at radius 3 is 2.75 bits per heavy atom. The fourth-order valence-electron chi connectivity index (χ4n) is 2.78. The summed E-state index contributed by atoms with van der Waals surface area (Å²) in [6, 6.07) is 14.7. The van der Waals surface area contributed by atoms with E-state index in [2.05, 4.69) is 21.5 Å². The van der Waals surface area contributed by atoms with Crippen LogP contribution in [0.4, 0.5) is 5.69 Å². The fraction of sp³-hybridized carbons (Fsp3) is 0.0952. The molecule has 7 heteroatoms. The van der Waals surface area contributed by atoms with Crippen LogP contribution in [-0.4, -0.2) is 5.91 Å². The van der Waals surface area contributed by atoms with E-state index in [-0.39, 0.29) is 8.76 Å². The van der Waals surface area contributed by atoms with E-state index in [1.165, 1.54) is 0 Å². The highest BCUT2D eigenvalue weighted by atomic mass is 16.3. The number of carbonyl (C=O) groups is 1. The molecule has 0 aliphatic carbocycles. The van der Waals surface area contributed by atoms with Crippen molar-refractivity contribution in [3.63, 3.8) is 0 Å². The van der Waals surface area contributed by atoms with Crippen molar-refractivity contribution in [1.29, 1.82) is 0 Å². The minimum absolute atomic E-state index is 0. The van der Waals surface area contributed by atoms with Crippen LogP contribution >= 0.6 is 0 Å². The Kier molecular flexibility index (Phi) is 4.88. The first-order valence-corrected chi connectivity index (χ1v) is 8.86. The van der Waals surface area contributed by atoms with Crippen LogP contribution in [0, 0.1) is 6.92 Å². The van der Waals surface area contributed by atoms with Gasteiger partial charge in [0.15, 0.2) is 5.76 Å². The van der Waals surface area contributed by atoms with Gasteiger partial charge in [-0.15, -0.1) is 0 Å². The molecule has 1 aromatic carbocycles. The largest absolute Gasteiger partial charge is 0.465 e. The zero-order chi connectivity index (χ0) is 19.3. The second-order valence-electron chi connectivity index (χ2n) is 6.29. The molecule has 7 nitrogen and oxygen atoms in total. The minimum Gasteiger partial charge on any atom is -0.465 e. The number of aryl methyl sites for hydroxylation is 1. The molecule has 0 fully saturated rings. The molecule has 146 valence electrons. The van der Waals surface area contributed by atoms with Crippen molar-refractivity contribution in [1.82, 2.24) is 16.2 Å². The van der Waals surface area contributed by atoms with Crippen molar-refractivity contribution in [3.8, 4) is 0 Å². The summed E-state index contributed by atoms with van der Waals surface area (Å²) < 4.78 is 10.8. The Hall–Kier alpha value is -3.87. The van der Waals surface area contributed by atoms with Crippen LogP contribution in [-0.2, 0) is 6.54 Å². The number of amides is 1. The van der Waals surface area contributed by atoms with Gasteiger partial charge in [-0.1, -0.05) is 6.07 Å². The number of allylic oxidation sites excluding steroid dienone is 2. The van der Waals surface area contributed by atoms with Gasteiger partial charge in [-0.05, 0) is 61.5 Å². The Balaban J connectivity index is 0.00000160. The molecule has 3 aromatic rings. The summed E-state index contributed by atoms with van der Waals surface area (Å²) in [5.74, 6) is 2.87. The Bertz CT molecular complexity index is 1040. The van der Waals surface area contributed by atoms with E-state index >= 15 is 0 Å². The lowest BCUT2D eigenvalue weighted by molar-refractivity contribution is 0.0948. The quantitative estimate of drug-likeness (QED) is 0.517. The Morgan fingerprint density at radius 1 is 1.11 bits per heavy atom. The molecule has 1 amide bonds. The topological polar surface area (TPSA) is 91.5 Å². The van der Waals surface area contributed by atoms with E-state index in [4.69, 9.17) is 8.83 Å². The Labute approximate surface area is 165 Å². The molecule has 1 aliphatic heterocycles. The highest BCUT2D eigenvalue weighted by Gasteiger charge is 2.11. The summed E-state index contributed by atoms with van der Waals surface area (Å²) in [6.45, 7) is 2.22. The van der Waals surface area contributed by atoms with Gasteiger partial charge < -0.3 is 19.5 Å². The molecule has 0 spiro atoms. The number of hydrazine groups is 1. The van der Waals surface area contributed by atoms with Crippen LogP contribution in [0.2, 0.25) is 0 Å². The van der Waals surface area contributed by atoms with Gasteiger partial charge in [-0.25, -0.2) is 0 Å². The van der Waals surface area contributed by atoms with Gasteiger partial charge in [0.05, 0.1) is 18.5 Å². The van der Waals surface area contributed by atoms with Gasteiger partial charge in [0.1, 0.15) is 17.3 Å². The van der Waals surface area contributed by atoms with E-state index in [1.807, 2.05) is 55.5 Å². The predicted molar refractivity (Wildman–Crippen MR) is 110 cm³/mol. The zero-order valence-corrected chi connectivity index (χ0v) is 15.3. The molecule has 28 heavy (non-hydrogen) atoms. The monoisotopic (exact) mass is 380 g/mol. The zero-order valence-electron chi connectivity index (χ0n) is 15.3. The smallest absolute Gasteiger partial charge is 0.251 e. The van der Waals surface area contributed by atoms with Crippen LogP contribution in [0.15, 0.2) is 81.6 Å². The Morgan fingerprint density at radius 2 is 2.04 bits per heavy atom.